The van der Waals surface area contributed by atoms with E-state index in [1.807, 2.05) is 42.1 Å². The van der Waals surface area contributed by atoms with Crippen LogP contribution in [0.4, 0.5) is 4.39 Å². The number of nitrogens with zero attached hydrogens (tertiary/aromatic N) is 2. The first-order valence-electron chi connectivity index (χ1n) is 9.13. The van der Waals surface area contributed by atoms with Crippen molar-refractivity contribution in [1.29, 1.82) is 0 Å². The van der Waals surface area contributed by atoms with Gasteiger partial charge in [0.25, 0.3) is 0 Å². The summed E-state index contributed by atoms with van der Waals surface area (Å²) in [4.78, 5) is 4.48. The van der Waals surface area contributed by atoms with E-state index in [9.17, 15) is 4.39 Å². The lowest BCUT2D eigenvalue weighted by atomic mass is 10.0. The Morgan fingerprint density at radius 1 is 1.32 bits per heavy atom. The highest BCUT2D eigenvalue weighted by atomic mass is 127. The molecule has 0 radical (unpaired) electrons. The monoisotopic (exact) mass is 494 g/mol. The third-order valence-electron chi connectivity index (χ3n) is 4.98. The highest BCUT2D eigenvalue weighted by Gasteiger charge is 2.21. The van der Waals surface area contributed by atoms with Gasteiger partial charge in [0.15, 0.2) is 5.96 Å². The highest BCUT2D eigenvalue weighted by molar-refractivity contribution is 14.0. The molecule has 4 rings (SSSR count). The fraction of sp³-hybridized carbons (Fsp3) is 0.286. The highest BCUT2D eigenvalue weighted by Crippen LogP contribution is 2.31. The summed E-state index contributed by atoms with van der Waals surface area (Å²) in [6.07, 6.45) is 3.62. The van der Waals surface area contributed by atoms with Crippen molar-refractivity contribution in [3.63, 3.8) is 0 Å². The minimum Gasteiger partial charge on any atom is -0.493 e. The van der Waals surface area contributed by atoms with Gasteiger partial charge in [0.1, 0.15) is 11.6 Å². The van der Waals surface area contributed by atoms with Crippen molar-refractivity contribution in [2.75, 3.05) is 13.2 Å². The first kappa shape index (κ1) is 20.4. The molecule has 3 N–H and O–H groups in total. The Morgan fingerprint density at radius 2 is 2.14 bits per heavy atom. The average Bonchev–Trinajstić information content (AvgIpc) is 2.97. The quantitative estimate of drug-likeness (QED) is 0.329. The second kappa shape index (κ2) is 8.81. The summed E-state index contributed by atoms with van der Waals surface area (Å²) in [6.45, 7) is 1.23. The summed E-state index contributed by atoms with van der Waals surface area (Å²) in [5.74, 6) is 1.11. The molecule has 0 bridgehead atoms. The second-order valence-electron chi connectivity index (χ2n) is 6.82. The molecule has 0 saturated heterocycles. The third-order valence-corrected chi connectivity index (χ3v) is 4.98. The van der Waals surface area contributed by atoms with Crippen LogP contribution >= 0.6 is 24.0 Å². The Kier molecular flexibility index (Phi) is 6.43. The summed E-state index contributed by atoms with van der Waals surface area (Å²) < 4.78 is 21.1. The lowest BCUT2D eigenvalue weighted by Gasteiger charge is -2.26. The summed E-state index contributed by atoms with van der Waals surface area (Å²) in [5, 5.41) is 4.36. The van der Waals surface area contributed by atoms with Crippen molar-refractivity contribution in [3.05, 3.63) is 65.6 Å². The Morgan fingerprint density at radius 3 is 3.00 bits per heavy atom. The molecule has 148 valence electrons. The predicted octanol–water partition coefficient (Wildman–Crippen LogP) is 3.91. The molecule has 5 nitrogen and oxygen atoms in total. The molecule has 3 aromatic rings. The zero-order valence-corrected chi connectivity index (χ0v) is 18.0. The number of halogens is 2. The molecule has 1 aromatic heterocycles. The molecule has 0 spiro atoms. The van der Waals surface area contributed by atoms with E-state index in [1.54, 1.807) is 6.07 Å². The van der Waals surface area contributed by atoms with Crippen LogP contribution in [0.15, 0.2) is 53.7 Å². The predicted molar refractivity (Wildman–Crippen MR) is 121 cm³/mol. The molecule has 1 aliphatic heterocycles. The van der Waals surface area contributed by atoms with Crippen LogP contribution in [-0.2, 0) is 13.5 Å². The van der Waals surface area contributed by atoms with Crippen LogP contribution in [0.5, 0.6) is 5.75 Å². The van der Waals surface area contributed by atoms with Gasteiger partial charge in [0.2, 0.25) is 0 Å². The maximum atomic E-state index is 13.4. The molecule has 2 heterocycles. The van der Waals surface area contributed by atoms with Crippen LogP contribution in [0.2, 0.25) is 0 Å². The van der Waals surface area contributed by atoms with Gasteiger partial charge >= 0.3 is 0 Å². The molecule has 28 heavy (non-hydrogen) atoms. The third kappa shape index (κ3) is 4.24. The Hall–Kier alpha value is -2.29. The van der Waals surface area contributed by atoms with Crippen LogP contribution in [-0.4, -0.2) is 23.7 Å². The normalized spacial score (nSPS) is 16.2. The van der Waals surface area contributed by atoms with Gasteiger partial charge in [-0.1, -0.05) is 18.2 Å². The van der Waals surface area contributed by atoms with Crippen LogP contribution in [0.25, 0.3) is 10.9 Å². The Balaban J connectivity index is 0.00000225. The molecule has 1 unspecified atom stereocenters. The summed E-state index contributed by atoms with van der Waals surface area (Å²) in [5.41, 5.74) is 9.24. The summed E-state index contributed by atoms with van der Waals surface area (Å²) >= 11 is 0. The average molecular weight is 494 g/mol. The van der Waals surface area contributed by atoms with Crippen molar-refractivity contribution in [3.8, 4) is 5.75 Å². The van der Waals surface area contributed by atoms with E-state index < -0.39 is 0 Å². The molecule has 7 heteroatoms. The zero-order chi connectivity index (χ0) is 18.8. The van der Waals surface area contributed by atoms with E-state index in [0.29, 0.717) is 19.1 Å². The van der Waals surface area contributed by atoms with Crippen LogP contribution < -0.4 is 15.8 Å². The number of aryl methyl sites for hydroxylation is 1. The van der Waals surface area contributed by atoms with Crippen molar-refractivity contribution < 1.29 is 9.13 Å². The van der Waals surface area contributed by atoms with E-state index in [-0.39, 0.29) is 35.8 Å². The van der Waals surface area contributed by atoms with Gasteiger partial charge in [-0.2, -0.15) is 0 Å². The first-order valence-corrected chi connectivity index (χ1v) is 9.13. The standard InChI is InChI=1S/C21H23FN4O.HI/c1-26-13-14(16-7-6-15(22)12-19(16)26)8-10-24-21(23)25-18-9-11-27-20-5-3-2-4-17(18)20;/h2-7,12-13,18H,8-11H2,1H3,(H3,23,24,25);1H. The van der Waals surface area contributed by atoms with E-state index in [4.69, 9.17) is 10.5 Å². The minimum atomic E-state index is -0.224. The summed E-state index contributed by atoms with van der Waals surface area (Å²) in [7, 11) is 1.92. The Bertz CT molecular complexity index is 1000. The second-order valence-corrected chi connectivity index (χ2v) is 6.82. The van der Waals surface area contributed by atoms with Crippen molar-refractivity contribution >= 4 is 40.8 Å². The number of fused-ring (bicyclic) bond motifs is 2. The van der Waals surface area contributed by atoms with E-state index in [0.717, 1.165) is 40.6 Å². The lowest BCUT2D eigenvalue weighted by Crippen LogP contribution is -2.37. The van der Waals surface area contributed by atoms with Gasteiger partial charge < -0.3 is 20.4 Å². The smallest absolute Gasteiger partial charge is 0.189 e. The number of aliphatic imine (C=N–C) groups is 1. The molecule has 0 aliphatic carbocycles. The maximum absolute atomic E-state index is 13.4. The van der Waals surface area contributed by atoms with Gasteiger partial charge in [-0.25, -0.2) is 4.39 Å². The number of rotatable bonds is 4. The molecule has 2 aromatic carbocycles. The molecular formula is C21H24FIN4O. The number of hydrogen-bond donors (Lipinski definition) is 2. The van der Waals surface area contributed by atoms with Crippen LogP contribution in [0, 0.1) is 5.82 Å². The molecule has 0 amide bonds. The molecule has 1 atom stereocenters. The molecule has 1 aliphatic rings. The topological polar surface area (TPSA) is 64.6 Å². The molecule has 0 fully saturated rings. The van der Waals surface area contributed by atoms with Gasteiger partial charge in [-0.05, 0) is 36.2 Å². The number of nitrogens with two attached hydrogens (primary N) is 1. The largest absolute Gasteiger partial charge is 0.493 e. The number of nitrogens with one attached hydrogen (secondary N) is 1. The van der Waals surface area contributed by atoms with Gasteiger partial charge in [0, 0.05) is 37.2 Å². The van der Waals surface area contributed by atoms with Crippen molar-refractivity contribution in [1.82, 2.24) is 9.88 Å². The zero-order valence-electron chi connectivity index (χ0n) is 15.7. The number of benzene rings is 2. The summed E-state index contributed by atoms with van der Waals surface area (Å²) in [6, 6.07) is 13.0. The molecular weight excluding hydrogens is 470 g/mol. The van der Waals surface area contributed by atoms with E-state index in [2.05, 4.69) is 16.4 Å². The van der Waals surface area contributed by atoms with Gasteiger partial charge in [-0.3, -0.25) is 4.99 Å². The van der Waals surface area contributed by atoms with Crippen molar-refractivity contribution in [2.24, 2.45) is 17.8 Å². The fourth-order valence-corrected chi connectivity index (χ4v) is 3.65. The number of aromatic nitrogens is 1. The fourth-order valence-electron chi connectivity index (χ4n) is 3.65. The first-order chi connectivity index (χ1) is 13.1. The number of hydrogen-bond acceptors (Lipinski definition) is 2. The van der Waals surface area contributed by atoms with Gasteiger partial charge in [0.05, 0.1) is 18.2 Å². The number of guanidine groups is 1. The molecule has 0 saturated carbocycles. The van der Waals surface area contributed by atoms with Gasteiger partial charge in [-0.15, -0.1) is 24.0 Å². The van der Waals surface area contributed by atoms with Crippen LogP contribution in [0.1, 0.15) is 23.6 Å². The SMILES string of the molecule is Cn1cc(CCN=C(N)NC2CCOc3ccccc32)c2ccc(F)cc21.I. The minimum absolute atomic E-state index is 0. The van der Waals surface area contributed by atoms with E-state index >= 15 is 0 Å². The maximum Gasteiger partial charge on any atom is 0.189 e. The number of para-hydroxylation sites is 1. The Labute approximate surface area is 180 Å². The lowest BCUT2D eigenvalue weighted by molar-refractivity contribution is 0.262. The van der Waals surface area contributed by atoms with Crippen LogP contribution in [0.3, 0.4) is 0 Å². The number of ether oxygens (including phenoxy) is 1. The van der Waals surface area contributed by atoms with E-state index in [1.165, 1.54) is 6.07 Å². The van der Waals surface area contributed by atoms with Crippen molar-refractivity contribution in [2.45, 2.75) is 18.9 Å².